The first-order valence-corrected chi connectivity index (χ1v) is 5.10. The van der Waals surface area contributed by atoms with Gasteiger partial charge in [0.05, 0.1) is 0 Å². The van der Waals surface area contributed by atoms with Crippen molar-refractivity contribution in [1.82, 2.24) is 4.98 Å². The van der Waals surface area contributed by atoms with Crippen LogP contribution in [0.1, 0.15) is 36.8 Å². The topological polar surface area (TPSA) is 38.9 Å². The fourth-order valence-corrected chi connectivity index (χ4v) is 1.57. The number of alkyl halides is 2. The molecule has 2 nitrogen and oxygen atoms in total. The van der Waals surface area contributed by atoms with Gasteiger partial charge < -0.3 is 5.73 Å². The molecule has 1 aliphatic rings. The van der Waals surface area contributed by atoms with Gasteiger partial charge >= 0.3 is 0 Å². The van der Waals surface area contributed by atoms with Crippen molar-refractivity contribution in [3.05, 3.63) is 29.6 Å². The number of hydrogen-bond donors (Lipinski definition) is 1. The lowest BCUT2D eigenvalue weighted by molar-refractivity contribution is 0.151. The van der Waals surface area contributed by atoms with Gasteiger partial charge in [-0.3, -0.25) is 4.98 Å². The van der Waals surface area contributed by atoms with Crippen LogP contribution in [-0.2, 0) is 6.42 Å². The molecule has 0 saturated heterocycles. The van der Waals surface area contributed by atoms with Crippen LogP contribution in [0.25, 0.3) is 0 Å². The molecular weight excluding hydrogens is 198 g/mol. The fourth-order valence-electron chi connectivity index (χ4n) is 1.57. The molecule has 0 amide bonds. The summed E-state index contributed by atoms with van der Waals surface area (Å²) in [5.41, 5.74) is 6.74. The Bertz CT molecular complexity index is 348. The number of rotatable bonds is 4. The Kier molecular flexibility index (Phi) is 2.69. The SMILES string of the molecule is NC1(CCc2cncc(C(F)F)c2)CC1. The number of pyridine rings is 1. The van der Waals surface area contributed by atoms with E-state index in [2.05, 4.69) is 4.98 Å². The van der Waals surface area contributed by atoms with Gasteiger partial charge in [-0.1, -0.05) is 0 Å². The van der Waals surface area contributed by atoms with E-state index in [0.717, 1.165) is 31.2 Å². The summed E-state index contributed by atoms with van der Waals surface area (Å²) in [6.07, 6.45) is 4.11. The Labute approximate surface area is 87.5 Å². The average Bonchev–Trinajstić information content (AvgIpc) is 2.95. The van der Waals surface area contributed by atoms with Gasteiger partial charge in [-0.05, 0) is 37.3 Å². The van der Waals surface area contributed by atoms with E-state index in [1.165, 1.54) is 12.3 Å². The smallest absolute Gasteiger partial charge is 0.265 e. The van der Waals surface area contributed by atoms with E-state index in [-0.39, 0.29) is 11.1 Å². The first kappa shape index (κ1) is 10.5. The maximum Gasteiger partial charge on any atom is 0.265 e. The molecule has 0 radical (unpaired) electrons. The molecule has 15 heavy (non-hydrogen) atoms. The molecule has 1 saturated carbocycles. The molecule has 1 aromatic rings. The van der Waals surface area contributed by atoms with E-state index in [9.17, 15) is 8.78 Å². The van der Waals surface area contributed by atoms with Crippen LogP contribution >= 0.6 is 0 Å². The summed E-state index contributed by atoms with van der Waals surface area (Å²) in [7, 11) is 0. The van der Waals surface area contributed by atoms with Gasteiger partial charge in [-0.15, -0.1) is 0 Å². The summed E-state index contributed by atoms with van der Waals surface area (Å²) in [6, 6.07) is 1.52. The van der Waals surface area contributed by atoms with E-state index in [1.807, 2.05) is 0 Å². The predicted molar refractivity (Wildman–Crippen MR) is 53.7 cm³/mol. The van der Waals surface area contributed by atoms with Gasteiger partial charge in [0.2, 0.25) is 0 Å². The molecule has 0 spiro atoms. The summed E-state index contributed by atoms with van der Waals surface area (Å²) in [4.78, 5) is 3.81. The first-order chi connectivity index (χ1) is 7.09. The third-order valence-electron chi connectivity index (χ3n) is 2.87. The average molecular weight is 212 g/mol. The van der Waals surface area contributed by atoms with Crippen molar-refractivity contribution in [3.63, 3.8) is 0 Å². The van der Waals surface area contributed by atoms with Crippen LogP contribution in [0.15, 0.2) is 18.5 Å². The Balaban J connectivity index is 1.98. The zero-order valence-corrected chi connectivity index (χ0v) is 8.42. The number of hydrogen-bond acceptors (Lipinski definition) is 2. The Morgan fingerprint density at radius 2 is 2.13 bits per heavy atom. The third-order valence-corrected chi connectivity index (χ3v) is 2.87. The van der Waals surface area contributed by atoms with Crippen molar-refractivity contribution in [2.24, 2.45) is 5.73 Å². The molecule has 1 aliphatic carbocycles. The first-order valence-electron chi connectivity index (χ1n) is 5.10. The fraction of sp³-hybridized carbons (Fsp3) is 0.545. The van der Waals surface area contributed by atoms with Crippen LogP contribution in [0.2, 0.25) is 0 Å². The molecular formula is C11H14F2N2. The molecule has 82 valence electrons. The van der Waals surface area contributed by atoms with Gasteiger partial charge in [0.25, 0.3) is 6.43 Å². The molecule has 0 aromatic carbocycles. The maximum atomic E-state index is 12.4. The minimum absolute atomic E-state index is 0.00521. The second-order valence-electron chi connectivity index (χ2n) is 4.29. The monoisotopic (exact) mass is 212 g/mol. The highest BCUT2D eigenvalue weighted by Gasteiger charge is 2.37. The Morgan fingerprint density at radius 3 is 2.73 bits per heavy atom. The van der Waals surface area contributed by atoms with Crippen molar-refractivity contribution < 1.29 is 8.78 Å². The number of aryl methyl sites for hydroxylation is 1. The van der Waals surface area contributed by atoms with Gasteiger partial charge in [0.15, 0.2) is 0 Å². The lowest BCUT2D eigenvalue weighted by Crippen LogP contribution is -2.22. The van der Waals surface area contributed by atoms with Crippen molar-refractivity contribution in [3.8, 4) is 0 Å². The van der Waals surface area contributed by atoms with Gasteiger partial charge in [-0.25, -0.2) is 8.78 Å². The molecule has 4 heteroatoms. The van der Waals surface area contributed by atoms with Gasteiger partial charge in [0, 0.05) is 23.5 Å². The number of halogens is 2. The highest BCUT2D eigenvalue weighted by atomic mass is 19.3. The third kappa shape index (κ3) is 2.72. The predicted octanol–water partition coefficient (Wildman–Crippen LogP) is 2.44. The molecule has 0 unspecified atom stereocenters. The van der Waals surface area contributed by atoms with Gasteiger partial charge in [-0.2, -0.15) is 0 Å². The van der Waals surface area contributed by atoms with Crippen LogP contribution in [0.3, 0.4) is 0 Å². The van der Waals surface area contributed by atoms with E-state index >= 15 is 0 Å². The van der Waals surface area contributed by atoms with Crippen molar-refractivity contribution >= 4 is 0 Å². The quantitative estimate of drug-likeness (QED) is 0.832. The zero-order valence-electron chi connectivity index (χ0n) is 8.42. The molecule has 0 aliphatic heterocycles. The van der Waals surface area contributed by atoms with Crippen LogP contribution in [0, 0.1) is 0 Å². The Hall–Kier alpha value is -1.03. The number of nitrogens with zero attached hydrogens (tertiary/aromatic N) is 1. The summed E-state index contributed by atoms with van der Waals surface area (Å²) < 4.78 is 24.7. The molecule has 0 atom stereocenters. The summed E-state index contributed by atoms with van der Waals surface area (Å²) in [5, 5.41) is 0. The molecule has 0 bridgehead atoms. The minimum Gasteiger partial charge on any atom is -0.325 e. The highest BCUT2D eigenvalue weighted by Crippen LogP contribution is 2.36. The molecule has 1 fully saturated rings. The van der Waals surface area contributed by atoms with Crippen molar-refractivity contribution in [1.29, 1.82) is 0 Å². The van der Waals surface area contributed by atoms with Crippen LogP contribution in [0.5, 0.6) is 0 Å². The van der Waals surface area contributed by atoms with Gasteiger partial charge in [0.1, 0.15) is 0 Å². The summed E-state index contributed by atoms with van der Waals surface area (Å²) in [5.74, 6) is 0. The minimum atomic E-state index is -2.44. The van der Waals surface area contributed by atoms with Crippen LogP contribution in [0.4, 0.5) is 8.78 Å². The largest absolute Gasteiger partial charge is 0.325 e. The zero-order chi connectivity index (χ0) is 10.9. The molecule has 2 rings (SSSR count). The van der Waals surface area contributed by atoms with Crippen molar-refractivity contribution in [2.75, 3.05) is 0 Å². The van der Waals surface area contributed by atoms with Crippen LogP contribution < -0.4 is 5.73 Å². The molecule has 2 N–H and O–H groups in total. The van der Waals surface area contributed by atoms with E-state index in [0.29, 0.717) is 0 Å². The normalized spacial score (nSPS) is 18.1. The standard InChI is InChI=1S/C11H14F2N2/c12-10(13)9-5-8(6-15-7-9)1-2-11(14)3-4-11/h5-7,10H,1-4,14H2. The second kappa shape index (κ2) is 3.85. The molecule has 1 heterocycles. The number of aromatic nitrogens is 1. The van der Waals surface area contributed by atoms with Crippen molar-refractivity contribution in [2.45, 2.75) is 37.6 Å². The Morgan fingerprint density at radius 1 is 1.40 bits per heavy atom. The van der Waals surface area contributed by atoms with E-state index in [4.69, 9.17) is 5.73 Å². The van der Waals surface area contributed by atoms with E-state index < -0.39 is 6.43 Å². The summed E-state index contributed by atoms with van der Waals surface area (Å²) >= 11 is 0. The lowest BCUT2D eigenvalue weighted by Gasteiger charge is -2.08. The second-order valence-corrected chi connectivity index (χ2v) is 4.29. The molecule has 1 aromatic heterocycles. The highest BCUT2D eigenvalue weighted by molar-refractivity contribution is 5.20. The maximum absolute atomic E-state index is 12.4. The van der Waals surface area contributed by atoms with E-state index in [1.54, 1.807) is 6.20 Å². The van der Waals surface area contributed by atoms with Crippen LogP contribution in [-0.4, -0.2) is 10.5 Å². The number of nitrogens with two attached hydrogens (primary N) is 1. The lowest BCUT2D eigenvalue weighted by atomic mass is 10.0. The summed E-state index contributed by atoms with van der Waals surface area (Å²) in [6.45, 7) is 0.